The summed E-state index contributed by atoms with van der Waals surface area (Å²) in [7, 11) is 3.01. The second-order valence-electron chi connectivity index (χ2n) is 7.34. The number of hydrogen-bond acceptors (Lipinski definition) is 8. The molecule has 1 fully saturated rings. The first-order valence-electron chi connectivity index (χ1n) is 10.1. The molecule has 0 aliphatic carbocycles. The Labute approximate surface area is 184 Å². The maximum absolute atomic E-state index is 13.1. The number of fused-ring (bicyclic) bond motifs is 1. The molecule has 0 spiro atoms. The van der Waals surface area contributed by atoms with Crippen molar-refractivity contribution in [1.29, 1.82) is 0 Å². The quantitative estimate of drug-likeness (QED) is 0.665. The smallest absolute Gasteiger partial charge is 0.263 e. The number of amides is 3. The number of nitrogens with zero attached hydrogens (tertiary/aromatic N) is 4. The SMILES string of the molecule is CCc1ccc(N2C(=O)C3N=NN(CC(=O)Nc4ccc(OC)cc4OC)C3C2=O)cc1. The number of ether oxygens (including phenoxy) is 2. The minimum absolute atomic E-state index is 0.249. The van der Waals surface area contributed by atoms with E-state index in [-0.39, 0.29) is 6.54 Å². The summed E-state index contributed by atoms with van der Waals surface area (Å²) < 4.78 is 10.4. The zero-order valence-electron chi connectivity index (χ0n) is 17.9. The maximum atomic E-state index is 13.1. The monoisotopic (exact) mass is 437 g/mol. The van der Waals surface area contributed by atoms with E-state index in [2.05, 4.69) is 15.7 Å². The van der Waals surface area contributed by atoms with E-state index in [0.29, 0.717) is 22.9 Å². The van der Waals surface area contributed by atoms with Crippen molar-refractivity contribution in [2.45, 2.75) is 25.4 Å². The van der Waals surface area contributed by atoms with Gasteiger partial charge in [-0.25, -0.2) is 4.90 Å². The average molecular weight is 437 g/mol. The molecule has 10 heteroatoms. The van der Waals surface area contributed by atoms with Crippen molar-refractivity contribution in [3.05, 3.63) is 48.0 Å². The predicted octanol–water partition coefficient (Wildman–Crippen LogP) is 2.20. The third-order valence-electron chi connectivity index (χ3n) is 5.45. The number of aryl methyl sites for hydroxylation is 1. The third kappa shape index (κ3) is 3.75. The molecular weight excluding hydrogens is 414 g/mol. The molecule has 2 aromatic carbocycles. The zero-order chi connectivity index (χ0) is 22.8. The normalized spacial score (nSPS) is 19.3. The van der Waals surface area contributed by atoms with Crippen LogP contribution in [-0.4, -0.2) is 55.6 Å². The average Bonchev–Trinajstić information content (AvgIpc) is 3.33. The van der Waals surface area contributed by atoms with Gasteiger partial charge in [0.15, 0.2) is 12.1 Å². The molecule has 1 N–H and O–H groups in total. The molecule has 4 rings (SSSR count). The lowest BCUT2D eigenvalue weighted by Gasteiger charge is -2.20. The lowest BCUT2D eigenvalue weighted by molar-refractivity contribution is -0.123. The molecule has 2 aliphatic rings. The minimum atomic E-state index is -0.961. The molecule has 166 valence electrons. The largest absolute Gasteiger partial charge is 0.497 e. The van der Waals surface area contributed by atoms with Crippen LogP contribution in [-0.2, 0) is 20.8 Å². The van der Waals surface area contributed by atoms with Crippen LogP contribution in [0.1, 0.15) is 12.5 Å². The van der Waals surface area contributed by atoms with Crippen LogP contribution < -0.4 is 19.7 Å². The lowest BCUT2D eigenvalue weighted by Crippen LogP contribution is -2.43. The van der Waals surface area contributed by atoms with Crippen molar-refractivity contribution in [3.63, 3.8) is 0 Å². The minimum Gasteiger partial charge on any atom is -0.497 e. The second-order valence-corrected chi connectivity index (χ2v) is 7.34. The van der Waals surface area contributed by atoms with Gasteiger partial charge >= 0.3 is 0 Å². The number of hydrogen-bond donors (Lipinski definition) is 1. The highest BCUT2D eigenvalue weighted by Gasteiger charge is 2.55. The van der Waals surface area contributed by atoms with E-state index in [1.54, 1.807) is 30.3 Å². The van der Waals surface area contributed by atoms with Crippen molar-refractivity contribution in [2.75, 3.05) is 31.0 Å². The summed E-state index contributed by atoms with van der Waals surface area (Å²) in [5.74, 6) is -0.332. The number of imide groups is 1. The molecule has 0 bridgehead atoms. The first kappa shape index (κ1) is 21.3. The van der Waals surface area contributed by atoms with E-state index < -0.39 is 29.8 Å². The zero-order valence-corrected chi connectivity index (χ0v) is 17.9. The summed E-state index contributed by atoms with van der Waals surface area (Å²) in [5, 5.41) is 11.8. The van der Waals surface area contributed by atoms with E-state index in [9.17, 15) is 14.4 Å². The Morgan fingerprint density at radius 3 is 2.47 bits per heavy atom. The lowest BCUT2D eigenvalue weighted by atomic mass is 10.1. The summed E-state index contributed by atoms with van der Waals surface area (Å²) in [6, 6.07) is 10.3. The van der Waals surface area contributed by atoms with Crippen LogP contribution in [0.4, 0.5) is 11.4 Å². The summed E-state index contributed by atoms with van der Waals surface area (Å²) in [6.45, 7) is 1.78. The molecule has 0 aromatic heterocycles. The molecule has 1 saturated heterocycles. The number of carbonyl (C=O) groups is 3. The van der Waals surface area contributed by atoms with E-state index in [4.69, 9.17) is 9.47 Å². The number of benzene rings is 2. The third-order valence-corrected chi connectivity index (χ3v) is 5.45. The number of nitrogens with one attached hydrogen (secondary N) is 1. The molecule has 10 nitrogen and oxygen atoms in total. The Hall–Kier alpha value is -3.95. The molecule has 2 atom stereocenters. The second kappa shape index (κ2) is 8.66. The molecule has 0 radical (unpaired) electrons. The van der Waals surface area contributed by atoms with Gasteiger partial charge in [-0.15, -0.1) is 0 Å². The number of anilines is 2. The van der Waals surface area contributed by atoms with Crippen LogP contribution in [0, 0.1) is 0 Å². The van der Waals surface area contributed by atoms with Gasteiger partial charge in [-0.2, -0.15) is 5.11 Å². The Balaban J connectivity index is 1.47. The molecule has 2 unspecified atom stereocenters. The van der Waals surface area contributed by atoms with Gasteiger partial charge < -0.3 is 14.8 Å². The Morgan fingerprint density at radius 1 is 1.06 bits per heavy atom. The van der Waals surface area contributed by atoms with Gasteiger partial charge in [0.05, 0.1) is 25.6 Å². The van der Waals surface area contributed by atoms with Gasteiger partial charge in [0.2, 0.25) is 5.91 Å². The van der Waals surface area contributed by atoms with E-state index in [1.165, 1.54) is 19.2 Å². The summed E-state index contributed by atoms with van der Waals surface area (Å²) >= 11 is 0. The van der Waals surface area contributed by atoms with Gasteiger partial charge in [-0.1, -0.05) is 24.3 Å². The van der Waals surface area contributed by atoms with E-state index >= 15 is 0 Å². The fourth-order valence-electron chi connectivity index (χ4n) is 3.73. The van der Waals surface area contributed by atoms with Gasteiger partial charge in [0, 0.05) is 6.07 Å². The number of methoxy groups -OCH3 is 2. The molecule has 2 aromatic rings. The van der Waals surface area contributed by atoms with Crippen LogP contribution in [0.5, 0.6) is 11.5 Å². The van der Waals surface area contributed by atoms with Crippen LogP contribution in [0.3, 0.4) is 0 Å². The Bertz CT molecular complexity index is 1080. The topological polar surface area (TPSA) is 113 Å². The Morgan fingerprint density at radius 2 is 1.81 bits per heavy atom. The molecule has 2 aliphatic heterocycles. The highest BCUT2D eigenvalue weighted by molar-refractivity contribution is 6.25. The van der Waals surface area contributed by atoms with Crippen LogP contribution >= 0.6 is 0 Å². The van der Waals surface area contributed by atoms with E-state index in [0.717, 1.165) is 16.9 Å². The van der Waals surface area contributed by atoms with E-state index in [1.807, 2.05) is 19.1 Å². The molecular formula is C22H23N5O5. The summed E-state index contributed by atoms with van der Waals surface area (Å²) in [4.78, 5) is 39.6. The number of rotatable bonds is 7. The van der Waals surface area contributed by atoms with Crippen LogP contribution in [0.25, 0.3) is 0 Å². The first-order chi connectivity index (χ1) is 15.5. The standard InChI is InChI=1S/C22H23N5O5/c1-4-13-5-7-14(8-6-13)27-21(29)19-20(22(27)30)26(25-24-19)12-18(28)23-16-10-9-15(31-2)11-17(16)32-3/h5-11,19-20H,4,12H2,1-3H3,(H,23,28). The molecule has 2 heterocycles. The van der Waals surface area contributed by atoms with Gasteiger partial charge in [-0.05, 0) is 36.2 Å². The summed E-state index contributed by atoms with van der Waals surface area (Å²) in [5.41, 5.74) is 2.02. The number of carbonyl (C=O) groups excluding carboxylic acids is 3. The van der Waals surface area contributed by atoms with Gasteiger partial charge in [-0.3, -0.25) is 19.4 Å². The fourth-order valence-corrected chi connectivity index (χ4v) is 3.73. The van der Waals surface area contributed by atoms with Crippen molar-refractivity contribution in [1.82, 2.24) is 5.01 Å². The molecule has 3 amide bonds. The molecule has 0 saturated carbocycles. The fraction of sp³-hybridized carbons (Fsp3) is 0.318. The predicted molar refractivity (Wildman–Crippen MR) is 116 cm³/mol. The Kier molecular flexibility index (Phi) is 5.76. The first-order valence-corrected chi connectivity index (χ1v) is 10.1. The van der Waals surface area contributed by atoms with Crippen LogP contribution in [0.15, 0.2) is 52.8 Å². The van der Waals surface area contributed by atoms with Crippen molar-refractivity contribution < 1.29 is 23.9 Å². The van der Waals surface area contributed by atoms with Crippen molar-refractivity contribution in [3.8, 4) is 11.5 Å². The summed E-state index contributed by atoms with van der Waals surface area (Å²) in [6.07, 6.45) is 0.851. The highest BCUT2D eigenvalue weighted by Crippen LogP contribution is 2.32. The van der Waals surface area contributed by atoms with Gasteiger partial charge in [0.25, 0.3) is 11.8 Å². The maximum Gasteiger partial charge on any atom is 0.263 e. The van der Waals surface area contributed by atoms with Crippen molar-refractivity contribution in [2.24, 2.45) is 10.3 Å². The highest BCUT2D eigenvalue weighted by atomic mass is 16.5. The van der Waals surface area contributed by atoms with Crippen LogP contribution in [0.2, 0.25) is 0 Å². The molecule has 32 heavy (non-hydrogen) atoms. The van der Waals surface area contributed by atoms with Gasteiger partial charge in [0.1, 0.15) is 18.0 Å². The van der Waals surface area contributed by atoms with Crippen molar-refractivity contribution >= 4 is 29.1 Å².